The Bertz CT molecular complexity index is 1060. The molecule has 4 heterocycles. The minimum Gasteiger partial charge on any atom is -0.398 e. The van der Waals surface area contributed by atoms with Crippen molar-refractivity contribution in [2.45, 2.75) is 32.7 Å². The number of carbonyl (C=O) groups excluding carboxylic acids is 1. The van der Waals surface area contributed by atoms with Crippen LogP contribution < -0.4 is 10.6 Å². The van der Waals surface area contributed by atoms with E-state index in [0.717, 1.165) is 60.9 Å². The summed E-state index contributed by atoms with van der Waals surface area (Å²) < 4.78 is 2.14. The molecule has 144 valence electrons. The first-order valence-electron chi connectivity index (χ1n) is 10.0. The van der Waals surface area contributed by atoms with Gasteiger partial charge in [0.25, 0.3) is 0 Å². The highest BCUT2D eigenvalue weighted by molar-refractivity contribution is 5.94. The summed E-state index contributed by atoms with van der Waals surface area (Å²) in [5.41, 5.74) is 13.3. The molecule has 6 heteroatoms. The molecular weight excluding hydrogens is 350 g/mol. The molecule has 1 fully saturated rings. The number of fused-ring (bicyclic) bond motifs is 2. The molecule has 2 aliphatic heterocycles. The van der Waals surface area contributed by atoms with E-state index in [1.54, 1.807) is 6.92 Å². The fourth-order valence-electron chi connectivity index (χ4n) is 4.52. The van der Waals surface area contributed by atoms with Crippen molar-refractivity contribution in [3.05, 3.63) is 47.8 Å². The second kappa shape index (κ2) is 6.63. The summed E-state index contributed by atoms with van der Waals surface area (Å²) in [6.07, 6.45) is 5.38. The number of hydrogen-bond acceptors (Lipinski definition) is 4. The van der Waals surface area contributed by atoms with Crippen LogP contribution in [0.25, 0.3) is 16.9 Å². The first kappa shape index (κ1) is 17.3. The molecule has 2 aromatic heterocycles. The Kier molecular flexibility index (Phi) is 4.09. The molecule has 5 rings (SSSR count). The number of rotatable bonds is 3. The van der Waals surface area contributed by atoms with E-state index in [1.807, 2.05) is 23.2 Å². The summed E-state index contributed by atoms with van der Waals surface area (Å²) in [4.78, 5) is 21.1. The Hall–Kier alpha value is -2.86. The third-order valence-corrected chi connectivity index (χ3v) is 5.94. The molecule has 0 saturated carbocycles. The van der Waals surface area contributed by atoms with Crippen LogP contribution in [0.4, 0.5) is 11.4 Å². The Morgan fingerprint density at radius 1 is 1.14 bits per heavy atom. The van der Waals surface area contributed by atoms with Crippen LogP contribution in [0.1, 0.15) is 31.0 Å². The van der Waals surface area contributed by atoms with Gasteiger partial charge in [-0.1, -0.05) is 6.07 Å². The van der Waals surface area contributed by atoms with E-state index in [0.29, 0.717) is 0 Å². The Labute approximate surface area is 164 Å². The standard InChI is InChI=1S/C22H25N5O/c1-15(28)26-11-8-16-12-17(4-6-19(16)26)22-20(14-25-9-2-3-10-25)27-13-18(23)5-7-21(27)24-22/h4-7,12-13H,2-3,8-11,14,23H2,1H3. The van der Waals surface area contributed by atoms with Crippen LogP contribution in [0.2, 0.25) is 0 Å². The van der Waals surface area contributed by atoms with Crippen LogP contribution in [0.5, 0.6) is 0 Å². The van der Waals surface area contributed by atoms with Crippen molar-refractivity contribution >= 4 is 22.9 Å². The van der Waals surface area contributed by atoms with Gasteiger partial charge in [-0.25, -0.2) is 4.98 Å². The highest BCUT2D eigenvalue weighted by Gasteiger charge is 2.24. The molecule has 0 spiro atoms. The molecule has 0 aliphatic carbocycles. The van der Waals surface area contributed by atoms with Crippen LogP contribution in [0.3, 0.4) is 0 Å². The summed E-state index contributed by atoms with van der Waals surface area (Å²) in [7, 11) is 0. The number of likely N-dealkylation sites (tertiary alicyclic amines) is 1. The lowest BCUT2D eigenvalue weighted by molar-refractivity contribution is -0.116. The van der Waals surface area contributed by atoms with E-state index in [2.05, 4.69) is 27.5 Å². The third-order valence-electron chi connectivity index (χ3n) is 5.94. The van der Waals surface area contributed by atoms with Gasteiger partial charge in [0, 0.05) is 43.1 Å². The van der Waals surface area contributed by atoms with Crippen molar-refractivity contribution in [1.82, 2.24) is 14.3 Å². The highest BCUT2D eigenvalue weighted by Crippen LogP contribution is 2.34. The third kappa shape index (κ3) is 2.85. The van der Waals surface area contributed by atoms with Gasteiger partial charge in [-0.15, -0.1) is 0 Å². The second-order valence-corrected chi connectivity index (χ2v) is 7.85. The topological polar surface area (TPSA) is 66.9 Å². The maximum atomic E-state index is 11.9. The smallest absolute Gasteiger partial charge is 0.223 e. The zero-order valence-electron chi connectivity index (χ0n) is 16.2. The monoisotopic (exact) mass is 375 g/mol. The van der Waals surface area contributed by atoms with Gasteiger partial charge in [0.15, 0.2) is 0 Å². The van der Waals surface area contributed by atoms with Gasteiger partial charge in [-0.05, 0) is 62.2 Å². The summed E-state index contributed by atoms with van der Waals surface area (Å²) in [5, 5.41) is 0. The van der Waals surface area contributed by atoms with Crippen molar-refractivity contribution in [3.8, 4) is 11.3 Å². The number of benzene rings is 1. The lowest BCUT2D eigenvalue weighted by atomic mass is 10.0. The van der Waals surface area contributed by atoms with Crippen molar-refractivity contribution in [1.29, 1.82) is 0 Å². The van der Waals surface area contributed by atoms with Crippen molar-refractivity contribution < 1.29 is 4.79 Å². The van der Waals surface area contributed by atoms with E-state index in [-0.39, 0.29) is 5.91 Å². The number of nitrogen functional groups attached to an aromatic ring is 1. The number of anilines is 2. The maximum absolute atomic E-state index is 11.9. The van der Waals surface area contributed by atoms with Crippen molar-refractivity contribution in [2.24, 2.45) is 0 Å². The highest BCUT2D eigenvalue weighted by atomic mass is 16.2. The summed E-state index contributed by atoms with van der Waals surface area (Å²) >= 11 is 0. The minimum atomic E-state index is 0.101. The number of hydrogen-bond donors (Lipinski definition) is 1. The Morgan fingerprint density at radius 3 is 2.75 bits per heavy atom. The molecule has 1 saturated heterocycles. The Balaban J connectivity index is 1.61. The van der Waals surface area contributed by atoms with E-state index in [4.69, 9.17) is 10.7 Å². The zero-order chi connectivity index (χ0) is 19.3. The molecular formula is C22H25N5O. The normalized spacial score (nSPS) is 16.8. The van der Waals surface area contributed by atoms with Gasteiger partial charge in [0.2, 0.25) is 5.91 Å². The van der Waals surface area contributed by atoms with Gasteiger partial charge in [0.1, 0.15) is 5.65 Å². The molecule has 0 atom stereocenters. The average Bonchev–Trinajstić information content (AvgIpc) is 3.40. The average molecular weight is 375 g/mol. The predicted molar refractivity (Wildman–Crippen MR) is 111 cm³/mol. The number of imidazole rings is 1. The fourth-order valence-corrected chi connectivity index (χ4v) is 4.52. The number of aromatic nitrogens is 2. The van der Waals surface area contributed by atoms with Crippen LogP contribution in [0.15, 0.2) is 36.5 Å². The molecule has 0 bridgehead atoms. The molecule has 3 aromatic rings. The maximum Gasteiger partial charge on any atom is 0.223 e. The molecule has 2 N–H and O–H groups in total. The van der Waals surface area contributed by atoms with Crippen LogP contribution in [0, 0.1) is 0 Å². The van der Waals surface area contributed by atoms with Gasteiger partial charge >= 0.3 is 0 Å². The number of pyridine rings is 1. The van der Waals surface area contributed by atoms with Crippen LogP contribution in [-0.2, 0) is 17.8 Å². The van der Waals surface area contributed by atoms with Gasteiger partial charge in [0.05, 0.1) is 11.4 Å². The SMILES string of the molecule is CC(=O)N1CCc2cc(-c3nc4ccc(N)cn4c3CN3CCCC3)ccc21. The lowest BCUT2D eigenvalue weighted by Crippen LogP contribution is -2.25. The summed E-state index contributed by atoms with van der Waals surface area (Å²) in [6.45, 7) is 5.52. The van der Waals surface area contributed by atoms with Crippen LogP contribution in [-0.4, -0.2) is 39.8 Å². The number of amides is 1. The fraction of sp³-hybridized carbons (Fsp3) is 0.364. The van der Waals surface area contributed by atoms with Crippen LogP contribution >= 0.6 is 0 Å². The molecule has 1 amide bonds. The predicted octanol–water partition coefficient (Wildman–Crippen LogP) is 3.09. The zero-order valence-corrected chi connectivity index (χ0v) is 16.2. The van der Waals surface area contributed by atoms with Crippen molar-refractivity contribution in [2.75, 3.05) is 30.3 Å². The molecule has 28 heavy (non-hydrogen) atoms. The molecule has 1 aromatic carbocycles. The van der Waals surface area contributed by atoms with E-state index in [9.17, 15) is 4.79 Å². The number of nitrogens with two attached hydrogens (primary N) is 1. The van der Waals surface area contributed by atoms with E-state index >= 15 is 0 Å². The largest absolute Gasteiger partial charge is 0.398 e. The molecule has 0 radical (unpaired) electrons. The van der Waals surface area contributed by atoms with E-state index in [1.165, 1.54) is 24.1 Å². The summed E-state index contributed by atoms with van der Waals surface area (Å²) in [5.74, 6) is 0.101. The minimum absolute atomic E-state index is 0.101. The van der Waals surface area contributed by atoms with Gasteiger partial charge in [-0.2, -0.15) is 0 Å². The molecule has 6 nitrogen and oxygen atoms in total. The first-order valence-corrected chi connectivity index (χ1v) is 10.0. The second-order valence-electron chi connectivity index (χ2n) is 7.85. The van der Waals surface area contributed by atoms with E-state index < -0.39 is 0 Å². The lowest BCUT2D eigenvalue weighted by Gasteiger charge is -2.17. The van der Waals surface area contributed by atoms with Gasteiger partial charge < -0.3 is 15.0 Å². The molecule has 2 aliphatic rings. The number of nitrogens with zero attached hydrogens (tertiary/aromatic N) is 4. The number of carbonyl (C=O) groups is 1. The summed E-state index contributed by atoms with van der Waals surface area (Å²) in [6, 6.07) is 10.3. The molecule has 0 unspecified atom stereocenters. The first-order chi connectivity index (χ1) is 13.6. The van der Waals surface area contributed by atoms with Crippen molar-refractivity contribution in [3.63, 3.8) is 0 Å². The van der Waals surface area contributed by atoms with Gasteiger partial charge in [-0.3, -0.25) is 9.69 Å². The Morgan fingerprint density at radius 2 is 1.96 bits per heavy atom. The quantitative estimate of drug-likeness (QED) is 0.764.